The summed E-state index contributed by atoms with van der Waals surface area (Å²) in [4.78, 5) is 29.5. The van der Waals surface area contributed by atoms with Crippen LogP contribution in [0.4, 0.5) is 15.8 Å². The molecule has 0 radical (unpaired) electrons. The van der Waals surface area contributed by atoms with Gasteiger partial charge in [0.15, 0.2) is 5.78 Å². The lowest BCUT2D eigenvalue weighted by Gasteiger charge is -2.38. The maximum atomic E-state index is 14.2. The Bertz CT molecular complexity index is 1330. The monoisotopic (exact) mass is 673 g/mol. The van der Waals surface area contributed by atoms with E-state index in [9.17, 15) is 14.0 Å². The third kappa shape index (κ3) is 11.8. The summed E-state index contributed by atoms with van der Waals surface area (Å²) in [6.07, 6.45) is 7.00. The van der Waals surface area contributed by atoms with E-state index in [1.165, 1.54) is 32.1 Å². The number of amides is 1. The molecule has 1 aliphatic heterocycles. The summed E-state index contributed by atoms with van der Waals surface area (Å²) in [5.41, 5.74) is 3.55. The summed E-state index contributed by atoms with van der Waals surface area (Å²) in [5.74, 6) is 0.760. The number of Topliss-reactive ketones (excluding diaryl/α,β-unsaturated/α-hetero) is 1. The number of rotatable bonds is 6. The Balaban J connectivity index is 0.000000344. The Morgan fingerprint density at radius 2 is 1.59 bits per heavy atom. The van der Waals surface area contributed by atoms with E-state index >= 15 is 0 Å². The molecular formula is C37H50Cl2FN3O3. The number of nitrogens with one attached hydrogen (secondary N) is 3. The van der Waals surface area contributed by atoms with Gasteiger partial charge in [-0.25, -0.2) is 4.39 Å². The molecule has 1 heterocycles. The van der Waals surface area contributed by atoms with Crippen LogP contribution >= 0.6 is 23.2 Å². The fraction of sp³-hybridized carbons (Fsp3) is 0.432. The standard InChI is InChI=1S/C16H21ClFN.C11H15NO.C7H6ClNO.C2H6.CH2O/c1-11-13(12-6-5-7-14(17)15(12)18)10-19-16(11)8-3-2-4-9-16;1-8(2)11(13)9-4-6-10(12-3)7-5-9;8-6-2-1-3-7(4-6)9-5-10;2*1-2/h5-7,11,13,19H,2-4,8-10H2,1H3;4-8,12H,1-3H3;1-5H,(H,9,10);1-2H3;1H2. The van der Waals surface area contributed by atoms with Crippen molar-refractivity contribution in [1.82, 2.24) is 5.32 Å². The van der Waals surface area contributed by atoms with Crippen molar-refractivity contribution in [3.05, 3.63) is 93.7 Å². The van der Waals surface area contributed by atoms with Crippen molar-refractivity contribution in [2.24, 2.45) is 11.8 Å². The van der Waals surface area contributed by atoms with Crippen molar-refractivity contribution in [2.75, 3.05) is 24.2 Å². The predicted octanol–water partition coefficient (Wildman–Crippen LogP) is 9.82. The number of ketones is 1. The first kappa shape index (κ1) is 40.8. The molecule has 0 bridgehead atoms. The zero-order valence-electron chi connectivity index (χ0n) is 28.0. The van der Waals surface area contributed by atoms with Gasteiger partial charge < -0.3 is 20.7 Å². The average Bonchev–Trinajstić information content (AvgIpc) is 3.39. The Kier molecular flexibility index (Phi) is 19.1. The van der Waals surface area contributed by atoms with Gasteiger partial charge >= 0.3 is 0 Å². The fourth-order valence-corrected chi connectivity index (χ4v) is 6.19. The molecule has 46 heavy (non-hydrogen) atoms. The van der Waals surface area contributed by atoms with Gasteiger partial charge in [-0.15, -0.1) is 0 Å². The van der Waals surface area contributed by atoms with Crippen LogP contribution in [0, 0.1) is 17.7 Å². The first-order valence-electron chi connectivity index (χ1n) is 15.9. The number of halogens is 3. The molecule has 5 rings (SSSR count). The summed E-state index contributed by atoms with van der Waals surface area (Å²) >= 11 is 11.5. The van der Waals surface area contributed by atoms with Crippen molar-refractivity contribution >= 4 is 53.6 Å². The normalized spacial score (nSPS) is 17.3. The van der Waals surface area contributed by atoms with Gasteiger partial charge in [0.25, 0.3) is 0 Å². The Labute approximate surface area is 284 Å². The molecular weight excluding hydrogens is 624 g/mol. The number of carbonyl (C=O) groups is 3. The molecule has 2 aliphatic rings. The SMILES string of the molecule is C=O.CC.CC1C(c2cccc(Cl)c2F)CNC12CCCCC2.CNc1ccc(C(=O)C(C)C)cc1.O=CNc1cccc(Cl)c1. The lowest BCUT2D eigenvalue weighted by Crippen LogP contribution is -2.45. The van der Waals surface area contributed by atoms with E-state index in [1.807, 2.05) is 77.9 Å². The number of benzene rings is 3. The van der Waals surface area contributed by atoms with Crippen LogP contribution in [0.3, 0.4) is 0 Å². The molecule has 3 N–H and O–H groups in total. The molecule has 1 saturated carbocycles. The van der Waals surface area contributed by atoms with E-state index in [4.69, 9.17) is 28.0 Å². The zero-order valence-corrected chi connectivity index (χ0v) is 29.5. The lowest BCUT2D eigenvalue weighted by atomic mass is 9.71. The minimum atomic E-state index is -0.226. The van der Waals surface area contributed by atoms with Crippen LogP contribution in [0.1, 0.15) is 88.6 Å². The average molecular weight is 675 g/mol. The second-order valence-electron chi connectivity index (χ2n) is 11.3. The van der Waals surface area contributed by atoms with E-state index in [0.29, 0.717) is 23.0 Å². The highest BCUT2D eigenvalue weighted by Gasteiger charge is 2.46. The van der Waals surface area contributed by atoms with Gasteiger partial charge in [-0.1, -0.05) is 95.3 Å². The van der Waals surface area contributed by atoms with Crippen LogP contribution < -0.4 is 16.0 Å². The second-order valence-corrected chi connectivity index (χ2v) is 12.1. The molecule has 2 fully saturated rings. The first-order chi connectivity index (χ1) is 22.1. The van der Waals surface area contributed by atoms with Crippen molar-refractivity contribution in [2.45, 2.75) is 78.2 Å². The Morgan fingerprint density at radius 3 is 2.13 bits per heavy atom. The third-order valence-electron chi connectivity index (χ3n) is 8.31. The summed E-state index contributed by atoms with van der Waals surface area (Å²) in [6, 6.07) is 19.9. The molecule has 0 aromatic heterocycles. The van der Waals surface area contributed by atoms with E-state index in [2.05, 4.69) is 22.9 Å². The van der Waals surface area contributed by atoms with Gasteiger partial charge in [0.05, 0.1) is 5.02 Å². The molecule has 9 heteroatoms. The summed E-state index contributed by atoms with van der Waals surface area (Å²) in [6.45, 7) is 13.0. The maximum Gasteiger partial charge on any atom is 0.211 e. The summed E-state index contributed by atoms with van der Waals surface area (Å²) < 4.78 is 14.2. The quantitative estimate of drug-likeness (QED) is 0.179. The number of carbonyl (C=O) groups excluding carboxylic acids is 3. The van der Waals surface area contributed by atoms with Crippen molar-refractivity contribution in [3.8, 4) is 0 Å². The zero-order chi connectivity index (χ0) is 34.7. The largest absolute Gasteiger partial charge is 0.388 e. The van der Waals surface area contributed by atoms with Gasteiger partial charge in [-0.05, 0) is 72.9 Å². The van der Waals surface area contributed by atoms with Crippen LogP contribution in [0.2, 0.25) is 10.0 Å². The molecule has 6 nitrogen and oxygen atoms in total. The van der Waals surface area contributed by atoms with Gasteiger partial charge in [0, 0.05) is 52.9 Å². The molecule has 2 unspecified atom stereocenters. The van der Waals surface area contributed by atoms with Crippen molar-refractivity contribution in [3.63, 3.8) is 0 Å². The predicted molar refractivity (Wildman–Crippen MR) is 192 cm³/mol. The molecule has 252 valence electrons. The van der Waals surface area contributed by atoms with Crippen molar-refractivity contribution in [1.29, 1.82) is 0 Å². The topological polar surface area (TPSA) is 87.3 Å². The first-order valence-corrected chi connectivity index (χ1v) is 16.6. The molecule has 1 spiro atoms. The van der Waals surface area contributed by atoms with Crippen LogP contribution in [-0.2, 0) is 9.59 Å². The molecule has 2 atom stereocenters. The highest BCUT2D eigenvalue weighted by Crippen LogP contribution is 2.46. The third-order valence-corrected chi connectivity index (χ3v) is 8.84. The number of hydrogen-bond acceptors (Lipinski definition) is 5. The van der Waals surface area contributed by atoms with Crippen LogP contribution in [0.5, 0.6) is 0 Å². The second kappa shape index (κ2) is 21.5. The maximum absolute atomic E-state index is 14.2. The fourth-order valence-electron chi connectivity index (χ4n) is 5.82. The van der Waals surface area contributed by atoms with Gasteiger partial charge in [-0.2, -0.15) is 0 Å². The van der Waals surface area contributed by atoms with Crippen LogP contribution in [0.25, 0.3) is 0 Å². The summed E-state index contributed by atoms with van der Waals surface area (Å²) in [7, 11) is 1.86. The number of anilines is 2. The molecule has 3 aromatic carbocycles. The van der Waals surface area contributed by atoms with Crippen LogP contribution in [-0.4, -0.2) is 38.1 Å². The Morgan fingerprint density at radius 1 is 0.978 bits per heavy atom. The van der Waals surface area contributed by atoms with Crippen LogP contribution in [0.15, 0.2) is 66.7 Å². The molecule has 1 aliphatic carbocycles. The minimum absolute atomic E-state index is 0.0698. The molecule has 1 saturated heterocycles. The minimum Gasteiger partial charge on any atom is -0.388 e. The van der Waals surface area contributed by atoms with Crippen molar-refractivity contribution < 1.29 is 18.8 Å². The van der Waals surface area contributed by atoms with Gasteiger partial charge in [-0.3, -0.25) is 9.59 Å². The Hall–Kier alpha value is -3.26. The van der Waals surface area contributed by atoms with E-state index in [1.54, 1.807) is 30.3 Å². The summed E-state index contributed by atoms with van der Waals surface area (Å²) in [5, 5.41) is 10.1. The molecule has 3 aromatic rings. The highest BCUT2D eigenvalue weighted by atomic mass is 35.5. The van der Waals surface area contributed by atoms with Gasteiger partial charge in [0.2, 0.25) is 6.41 Å². The molecule has 1 amide bonds. The number of hydrogen-bond donors (Lipinski definition) is 3. The smallest absolute Gasteiger partial charge is 0.211 e. The highest BCUT2D eigenvalue weighted by molar-refractivity contribution is 6.31. The lowest BCUT2D eigenvalue weighted by molar-refractivity contribution is -0.105. The van der Waals surface area contributed by atoms with Gasteiger partial charge in [0.1, 0.15) is 12.6 Å². The van der Waals surface area contributed by atoms with E-state index in [0.717, 1.165) is 23.4 Å². The van der Waals surface area contributed by atoms with E-state index < -0.39 is 0 Å². The van der Waals surface area contributed by atoms with E-state index in [-0.39, 0.29) is 34.0 Å².